The maximum absolute atomic E-state index is 13.3. The lowest BCUT2D eigenvalue weighted by Crippen LogP contribution is -2.36. The van der Waals surface area contributed by atoms with Gasteiger partial charge in [-0.15, -0.1) is 0 Å². The average Bonchev–Trinajstić information content (AvgIpc) is 3.64. The van der Waals surface area contributed by atoms with Crippen molar-refractivity contribution in [2.24, 2.45) is 0 Å². The van der Waals surface area contributed by atoms with E-state index in [1.165, 1.54) is 7.11 Å². The summed E-state index contributed by atoms with van der Waals surface area (Å²) in [5.74, 6) is 1.41. The van der Waals surface area contributed by atoms with Gasteiger partial charge in [0.25, 0.3) is 5.91 Å². The van der Waals surface area contributed by atoms with Gasteiger partial charge in [0.15, 0.2) is 0 Å². The predicted octanol–water partition coefficient (Wildman–Crippen LogP) is 5.39. The third-order valence-corrected chi connectivity index (χ3v) is 5.64. The number of hydrogen-bond donors (Lipinski definition) is 0. The molecule has 2 aromatic rings. The van der Waals surface area contributed by atoms with Crippen LogP contribution < -0.4 is 9.47 Å². The van der Waals surface area contributed by atoms with E-state index in [2.05, 4.69) is 4.74 Å². The number of ether oxygens (including phenoxy) is 3. The Hall–Kier alpha value is -3.02. The van der Waals surface area contributed by atoms with Crippen molar-refractivity contribution in [3.63, 3.8) is 0 Å². The molecular formula is C27H35NO5. The number of esters is 1. The minimum Gasteiger partial charge on any atom is -0.493 e. The normalized spacial score (nSPS) is 13.0. The monoisotopic (exact) mass is 453 g/mol. The second kappa shape index (κ2) is 12.3. The topological polar surface area (TPSA) is 65.1 Å². The van der Waals surface area contributed by atoms with Crippen LogP contribution in [-0.2, 0) is 16.1 Å². The van der Waals surface area contributed by atoms with E-state index in [-0.39, 0.29) is 17.9 Å². The first-order valence-corrected chi connectivity index (χ1v) is 11.8. The van der Waals surface area contributed by atoms with Crippen molar-refractivity contribution in [1.29, 1.82) is 0 Å². The van der Waals surface area contributed by atoms with E-state index in [0.717, 1.165) is 49.2 Å². The molecule has 0 unspecified atom stereocenters. The third-order valence-electron chi connectivity index (χ3n) is 5.64. The molecule has 1 aliphatic rings. The lowest BCUT2D eigenvalue weighted by atomic mass is 10.1. The summed E-state index contributed by atoms with van der Waals surface area (Å²) in [4.78, 5) is 26.3. The standard InChI is InChI=1S/C27H35NO5/c1-20(2)28(27(30)21-12-14-23(15-13-21)33-24-16-17-24)19-22-9-6-7-10-25(22)32-18-8-4-5-11-26(29)31-3/h6-7,9-10,12-15,20,24H,4-5,8,11,16-19H2,1-3H3. The lowest BCUT2D eigenvalue weighted by molar-refractivity contribution is -0.140. The molecule has 1 saturated carbocycles. The van der Waals surface area contributed by atoms with Crippen LogP contribution in [0, 0.1) is 0 Å². The summed E-state index contributed by atoms with van der Waals surface area (Å²) in [6, 6.07) is 15.3. The van der Waals surface area contributed by atoms with Gasteiger partial charge >= 0.3 is 5.97 Å². The number of para-hydroxylation sites is 1. The number of hydrogen-bond acceptors (Lipinski definition) is 5. The quantitative estimate of drug-likeness (QED) is 0.300. The Labute approximate surface area is 196 Å². The molecular weight excluding hydrogens is 418 g/mol. The summed E-state index contributed by atoms with van der Waals surface area (Å²) in [5.41, 5.74) is 1.62. The molecule has 33 heavy (non-hydrogen) atoms. The Bertz CT molecular complexity index is 905. The maximum Gasteiger partial charge on any atom is 0.305 e. The van der Waals surface area contributed by atoms with Crippen LogP contribution in [0.1, 0.15) is 68.3 Å². The van der Waals surface area contributed by atoms with Crippen molar-refractivity contribution in [2.45, 2.75) is 71.1 Å². The van der Waals surface area contributed by atoms with Crippen molar-refractivity contribution in [3.8, 4) is 11.5 Å². The highest BCUT2D eigenvalue weighted by atomic mass is 16.5. The number of amides is 1. The molecule has 0 saturated heterocycles. The molecule has 6 nitrogen and oxygen atoms in total. The largest absolute Gasteiger partial charge is 0.493 e. The molecule has 178 valence electrons. The fraction of sp³-hybridized carbons (Fsp3) is 0.481. The van der Waals surface area contributed by atoms with Crippen molar-refractivity contribution in [1.82, 2.24) is 4.90 Å². The van der Waals surface area contributed by atoms with Gasteiger partial charge in [-0.3, -0.25) is 9.59 Å². The SMILES string of the molecule is COC(=O)CCCCCOc1ccccc1CN(C(=O)c1ccc(OC2CC2)cc1)C(C)C. The number of benzene rings is 2. The molecule has 0 aliphatic heterocycles. The van der Waals surface area contributed by atoms with Gasteiger partial charge < -0.3 is 19.1 Å². The second-order valence-electron chi connectivity index (χ2n) is 8.71. The van der Waals surface area contributed by atoms with Crippen LogP contribution in [0.15, 0.2) is 48.5 Å². The molecule has 0 N–H and O–H groups in total. The number of carbonyl (C=O) groups excluding carboxylic acids is 2. The molecule has 0 radical (unpaired) electrons. The van der Waals surface area contributed by atoms with Crippen molar-refractivity contribution >= 4 is 11.9 Å². The predicted molar refractivity (Wildman–Crippen MR) is 128 cm³/mol. The summed E-state index contributed by atoms with van der Waals surface area (Å²) >= 11 is 0. The fourth-order valence-corrected chi connectivity index (χ4v) is 3.50. The minimum atomic E-state index is -0.176. The molecule has 0 spiro atoms. The first-order valence-electron chi connectivity index (χ1n) is 11.8. The Morgan fingerprint density at radius 2 is 1.73 bits per heavy atom. The highest BCUT2D eigenvalue weighted by Gasteiger charge is 2.24. The third kappa shape index (κ3) is 7.81. The van der Waals surface area contributed by atoms with Crippen LogP contribution in [0.3, 0.4) is 0 Å². The molecule has 0 aromatic heterocycles. The van der Waals surface area contributed by atoms with Gasteiger partial charge in [0, 0.05) is 30.1 Å². The zero-order chi connectivity index (χ0) is 23.6. The van der Waals surface area contributed by atoms with Gasteiger partial charge in [0.2, 0.25) is 0 Å². The first kappa shape index (κ1) is 24.6. The number of unbranched alkanes of at least 4 members (excludes halogenated alkanes) is 2. The van der Waals surface area contributed by atoms with Crippen molar-refractivity contribution in [3.05, 3.63) is 59.7 Å². The molecule has 6 heteroatoms. The summed E-state index contributed by atoms with van der Waals surface area (Å²) in [7, 11) is 1.41. The summed E-state index contributed by atoms with van der Waals surface area (Å²) in [5, 5.41) is 0. The van der Waals surface area contributed by atoms with Crippen molar-refractivity contribution < 1.29 is 23.8 Å². The number of carbonyl (C=O) groups is 2. The molecule has 0 bridgehead atoms. The molecule has 0 heterocycles. The molecule has 1 amide bonds. The zero-order valence-corrected chi connectivity index (χ0v) is 19.9. The van der Waals surface area contributed by atoms with Crippen LogP contribution in [0.2, 0.25) is 0 Å². The Morgan fingerprint density at radius 1 is 1.00 bits per heavy atom. The second-order valence-corrected chi connectivity index (χ2v) is 8.71. The Morgan fingerprint density at radius 3 is 2.39 bits per heavy atom. The minimum absolute atomic E-state index is 0.0133. The van der Waals surface area contributed by atoms with Crippen LogP contribution in [0.5, 0.6) is 11.5 Å². The van der Waals surface area contributed by atoms with E-state index in [9.17, 15) is 9.59 Å². The van der Waals surface area contributed by atoms with E-state index >= 15 is 0 Å². The van der Waals surface area contributed by atoms with Gasteiger partial charge in [-0.2, -0.15) is 0 Å². The Balaban J connectivity index is 1.57. The Kier molecular flexibility index (Phi) is 9.16. The molecule has 3 rings (SSSR count). The van der Waals surface area contributed by atoms with Gasteiger partial charge in [0.05, 0.1) is 19.8 Å². The number of methoxy groups -OCH3 is 1. The first-order chi connectivity index (χ1) is 16.0. The van der Waals surface area contributed by atoms with Crippen LogP contribution in [0.25, 0.3) is 0 Å². The highest BCUT2D eigenvalue weighted by Crippen LogP contribution is 2.27. The molecule has 1 fully saturated rings. The fourth-order valence-electron chi connectivity index (χ4n) is 3.50. The summed E-state index contributed by atoms with van der Waals surface area (Å²) < 4.78 is 16.5. The van der Waals surface area contributed by atoms with Crippen LogP contribution in [0.4, 0.5) is 0 Å². The van der Waals surface area contributed by atoms with Crippen LogP contribution >= 0.6 is 0 Å². The lowest BCUT2D eigenvalue weighted by Gasteiger charge is -2.28. The molecule has 2 aromatic carbocycles. The van der Waals surface area contributed by atoms with Crippen molar-refractivity contribution in [2.75, 3.05) is 13.7 Å². The highest BCUT2D eigenvalue weighted by molar-refractivity contribution is 5.94. The van der Waals surface area contributed by atoms with Crippen LogP contribution in [-0.4, -0.2) is 42.6 Å². The van der Waals surface area contributed by atoms with Gasteiger partial charge in [-0.05, 0) is 76.3 Å². The van der Waals surface area contributed by atoms with E-state index in [1.54, 1.807) is 0 Å². The van der Waals surface area contributed by atoms with Gasteiger partial charge in [-0.1, -0.05) is 18.2 Å². The van der Waals surface area contributed by atoms with E-state index in [4.69, 9.17) is 9.47 Å². The van der Waals surface area contributed by atoms with Gasteiger partial charge in [0.1, 0.15) is 11.5 Å². The number of nitrogens with zero attached hydrogens (tertiary/aromatic N) is 1. The maximum atomic E-state index is 13.3. The summed E-state index contributed by atoms with van der Waals surface area (Å²) in [6.45, 7) is 5.08. The molecule has 1 aliphatic carbocycles. The van der Waals surface area contributed by atoms with E-state index < -0.39 is 0 Å². The summed E-state index contributed by atoms with van der Waals surface area (Å²) in [6.07, 6.45) is 5.53. The number of rotatable bonds is 13. The van der Waals surface area contributed by atoms with E-state index in [1.807, 2.05) is 67.3 Å². The zero-order valence-electron chi connectivity index (χ0n) is 19.9. The van der Waals surface area contributed by atoms with Gasteiger partial charge in [-0.25, -0.2) is 0 Å². The smallest absolute Gasteiger partial charge is 0.305 e. The van der Waals surface area contributed by atoms with E-state index in [0.29, 0.717) is 31.2 Å². The molecule has 0 atom stereocenters. The average molecular weight is 454 g/mol.